The predicted octanol–water partition coefficient (Wildman–Crippen LogP) is 1.35. The smallest absolute Gasteiger partial charge is 0.236 e. The van der Waals surface area contributed by atoms with Crippen LogP contribution in [0.5, 0.6) is 0 Å². The summed E-state index contributed by atoms with van der Waals surface area (Å²) in [6.07, 6.45) is -0.710. The Hall–Kier alpha value is -1.50. The Morgan fingerprint density at radius 1 is 1.25 bits per heavy atom. The fourth-order valence-electron chi connectivity index (χ4n) is 2.98. The summed E-state index contributed by atoms with van der Waals surface area (Å²) in [6.45, 7) is 9.62. The lowest BCUT2D eigenvalue weighted by atomic mass is 10.1. The molecule has 24 heavy (non-hydrogen) atoms. The Balaban J connectivity index is 1.79. The molecule has 1 aliphatic heterocycles. The normalized spacial score (nSPS) is 17.3. The van der Waals surface area contributed by atoms with Crippen LogP contribution in [0.15, 0.2) is 24.3 Å². The van der Waals surface area contributed by atoms with E-state index in [1.807, 2.05) is 4.90 Å². The third-order valence-corrected chi connectivity index (χ3v) is 4.64. The first-order valence-electron chi connectivity index (χ1n) is 8.69. The first kappa shape index (κ1) is 18.8. The van der Waals surface area contributed by atoms with E-state index in [2.05, 4.69) is 23.6 Å². The molecule has 0 aromatic heterocycles. The van der Waals surface area contributed by atoms with Crippen LogP contribution in [0.2, 0.25) is 0 Å². The van der Waals surface area contributed by atoms with Crippen LogP contribution in [-0.2, 0) is 4.79 Å². The van der Waals surface area contributed by atoms with Gasteiger partial charge in [-0.1, -0.05) is 26.0 Å². The standard InChI is InChI=1S/C18H28FN3O2/c1-3-20(4-2)14-18(24)22-10-8-21(9-11-22)13-17(23)15-6-5-7-16(19)12-15/h5-7,12,17,23H,3-4,8-11,13-14H2,1-2H3/t17-/m0/s1. The second-order valence-electron chi connectivity index (χ2n) is 6.21. The Bertz CT molecular complexity index is 529. The van der Waals surface area contributed by atoms with Crippen molar-refractivity contribution in [2.24, 2.45) is 0 Å². The van der Waals surface area contributed by atoms with Crippen LogP contribution in [0.3, 0.4) is 0 Å². The zero-order valence-corrected chi connectivity index (χ0v) is 14.6. The van der Waals surface area contributed by atoms with E-state index in [1.54, 1.807) is 12.1 Å². The van der Waals surface area contributed by atoms with Gasteiger partial charge in [-0.15, -0.1) is 0 Å². The van der Waals surface area contributed by atoms with E-state index in [0.717, 1.165) is 26.2 Å². The van der Waals surface area contributed by atoms with Crippen molar-refractivity contribution in [1.29, 1.82) is 0 Å². The number of benzene rings is 1. The highest BCUT2D eigenvalue weighted by Crippen LogP contribution is 2.16. The second kappa shape index (κ2) is 9.11. The highest BCUT2D eigenvalue weighted by atomic mass is 19.1. The zero-order valence-electron chi connectivity index (χ0n) is 14.6. The molecule has 0 radical (unpaired) electrons. The highest BCUT2D eigenvalue weighted by Gasteiger charge is 2.23. The topological polar surface area (TPSA) is 47.0 Å². The number of aliphatic hydroxyl groups excluding tert-OH is 1. The first-order valence-corrected chi connectivity index (χ1v) is 8.69. The average molecular weight is 337 g/mol. The minimum atomic E-state index is -0.710. The summed E-state index contributed by atoms with van der Waals surface area (Å²) in [5, 5.41) is 10.3. The number of likely N-dealkylation sites (N-methyl/N-ethyl adjacent to an activating group) is 1. The van der Waals surface area contributed by atoms with Crippen LogP contribution in [-0.4, -0.2) is 78.1 Å². The largest absolute Gasteiger partial charge is 0.387 e. The van der Waals surface area contributed by atoms with Crippen LogP contribution in [0.4, 0.5) is 4.39 Å². The minimum Gasteiger partial charge on any atom is -0.387 e. The number of hydrogen-bond acceptors (Lipinski definition) is 4. The summed E-state index contributed by atoms with van der Waals surface area (Å²) >= 11 is 0. The van der Waals surface area contributed by atoms with Gasteiger partial charge in [-0.05, 0) is 30.8 Å². The number of piperazine rings is 1. The van der Waals surface area contributed by atoms with Crippen molar-refractivity contribution in [2.45, 2.75) is 20.0 Å². The molecular formula is C18H28FN3O2. The van der Waals surface area contributed by atoms with Crippen LogP contribution in [0.1, 0.15) is 25.5 Å². The Morgan fingerprint density at radius 2 is 1.92 bits per heavy atom. The number of aliphatic hydroxyl groups is 1. The number of β-amino-alcohol motifs (C(OH)–C–C–N with tert-alkyl or cyclic N) is 1. The molecule has 6 heteroatoms. The number of carbonyl (C=O) groups excluding carboxylic acids is 1. The molecule has 0 spiro atoms. The molecule has 1 heterocycles. The van der Waals surface area contributed by atoms with Crippen molar-refractivity contribution in [3.8, 4) is 0 Å². The van der Waals surface area contributed by atoms with Gasteiger partial charge in [0.2, 0.25) is 5.91 Å². The Kier molecular flexibility index (Phi) is 7.15. The lowest BCUT2D eigenvalue weighted by Crippen LogP contribution is -2.51. The van der Waals surface area contributed by atoms with E-state index in [4.69, 9.17) is 0 Å². The van der Waals surface area contributed by atoms with Crippen LogP contribution in [0.25, 0.3) is 0 Å². The molecule has 1 aromatic rings. The number of hydrogen-bond donors (Lipinski definition) is 1. The van der Waals surface area contributed by atoms with Gasteiger partial charge in [0.15, 0.2) is 0 Å². The molecule has 1 aliphatic rings. The molecule has 2 rings (SSSR count). The van der Waals surface area contributed by atoms with Crippen molar-refractivity contribution in [3.63, 3.8) is 0 Å². The van der Waals surface area contributed by atoms with E-state index >= 15 is 0 Å². The number of halogens is 1. The van der Waals surface area contributed by atoms with Gasteiger partial charge in [0.05, 0.1) is 12.6 Å². The van der Waals surface area contributed by atoms with Gasteiger partial charge in [0.1, 0.15) is 5.82 Å². The minimum absolute atomic E-state index is 0.170. The quantitative estimate of drug-likeness (QED) is 0.816. The number of carbonyl (C=O) groups is 1. The highest BCUT2D eigenvalue weighted by molar-refractivity contribution is 5.78. The van der Waals surface area contributed by atoms with Gasteiger partial charge in [-0.3, -0.25) is 14.6 Å². The van der Waals surface area contributed by atoms with Crippen LogP contribution >= 0.6 is 0 Å². The van der Waals surface area contributed by atoms with Crippen molar-refractivity contribution in [3.05, 3.63) is 35.6 Å². The van der Waals surface area contributed by atoms with E-state index in [0.29, 0.717) is 31.7 Å². The van der Waals surface area contributed by atoms with Crippen molar-refractivity contribution in [1.82, 2.24) is 14.7 Å². The molecule has 1 fully saturated rings. The SMILES string of the molecule is CCN(CC)CC(=O)N1CCN(C[C@H](O)c2cccc(F)c2)CC1. The van der Waals surface area contributed by atoms with E-state index in [9.17, 15) is 14.3 Å². The molecule has 0 unspecified atom stereocenters. The predicted molar refractivity (Wildman–Crippen MR) is 92.2 cm³/mol. The lowest BCUT2D eigenvalue weighted by Gasteiger charge is -2.36. The van der Waals surface area contributed by atoms with E-state index in [1.165, 1.54) is 12.1 Å². The zero-order chi connectivity index (χ0) is 17.5. The van der Waals surface area contributed by atoms with Crippen molar-refractivity contribution >= 4 is 5.91 Å². The molecule has 0 saturated carbocycles. The summed E-state index contributed by atoms with van der Waals surface area (Å²) in [5.74, 6) is -0.164. The number of nitrogens with zero attached hydrogens (tertiary/aromatic N) is 3. The van der Waals surface area contributed by atoms with Crippen LogP contribution < -0.4 is 0 Å². The van der Waals surface area contributed by atoms with Gasteiger partial charge < -0.3 is 10.0 Å². The van der Waals surface area contributed by atoms with Gasteiger partial charge in [-0.2, -0.15) is 0 Å². The molecule has 1 N–H and O–H groups in total. The van der Waals surface area contributed by atoms with Gasteiger partial charge in [0.25, 0.3) is 0 Å². The van der Waals surface area contributed by atoms with Gasteiger partial charge in [0, 0.05) is 32.7 Å². The van der Waals surface area contributed by atoms with E-state index < -0.39 is 6.10 Å². The van der Waals surface area contributed by atoms with Gasteiger partial charge in [-0.25, -0.2) is 4.39 Å². The summed E-state index contributed by atoms with van der Waals surface area (Å²) in [6, 6.07) is 6.08. The molecule has 5 nitrogen and oxygen atoms in total. The molecule has 1 amide bonds. The molecule has 0 bridgehead atoms. The van der Waals surface area contributed by atoms with Gasteiger partial charge >= 0.3 is 0 Å². The van der Waals surface area contributed by atoms with Crippen molar-refractivity contribution in [2.75, 3.05) is 52.4 Å². The average Bonchev–Trinajstić information content (AvgIpc) is 2.60. The molecule has 134 valence electrons. The maximum absolute atomic E-state index is 13.2. The first-order chi connectivity index (χ1) is 11.5. The molecule has 1 atom stereocenters. The molecule has 0 aliphatic carbocycles. The molecule has 1 aromatic carbocycles. The fraction of sp³-hybridized carbons (Fsp3) is 0.611. The third kappa shape index (κ3) is 5.26. The maximum atomic E-state index is 13.2. The van der Waals surface area contributed by atoms with Crippen LogP contribution in [0, 0.1) is 5.82 Å². The number of rotatable bonds is 7. The van der Waals surface area contributed by atoms with Crippen molar-refractivity contribution < 1.29 is 14.3 Å². The van der Waals surface area contributed by atoms with E-state index in [-0.39, 0.29) is 11.7 Å². The summed E-state index contributed by atoms with van der Waals surface area (Å²) in [5.41, 5.74) is 0.593. The molecule has 1 saturated heterocycles. The number of amides is 1. The maximum Gasteiger partial charge on any atom is 0.236 e. The monoisotopic (exact) mass is 337 g/mol. The summed E-state index contributed by atoms with van der Waals surface area (Å²) in [4.78, 5) is 18.4. The lowest BCUT2D eigenvalue weighted by molar-refractivity contribution is -0.134. The Labute approximate surface area is 143 Å². The summed E-state index contributed by atoms with van der Waals surface area (Å²) in [7, 11) is 0. The second-order valence-corrected chi connectivity index (χ2v) is 6.21. The third-order valence-electron chi connectivity index (χ3n) is 4.64. The summed E-state index contributed by atoms with van der Waals surface area (Å²) < 4.78 is 13.2. The molecular weight excluding hydrogens is 309 g/mol. The fourth-order valence-corrected chi connectivity index (χ4v) is 2.98. The Morgan fingerprint density at radius 3 is 2.50 bits per heavy atom.